The Morgan fingerprint density at radius 1 is 1.04 bits per heavy atom. The highest BCUT2D eigenvalue weighted by Crippen LogP contribution is 2.38. The van der Waals surface area contributed by atoms with Gasteiger partial charge < -0.3 is 34.3 Å². The summed E-state index contributed by atoms with van der Waals surface area (Å²) in [5, 5.41) is 5.82. The summed E-state index contributed by atoms with van der Waals surface area (Å²) in [6.45, 7) is 10.5. The quantitative estimate of drug-likeness (QED) is 0.183. The van der Waals surface area contributed by atoms with Crippen molar-refractivity contribution in [3.05, 3.63) is 42.7 Å². The lowest BCUT2D eigenvalue weighted by Gasteiger charge is -2.37. The first-order valence-electron chi connectivity index (χ1n) is 17.0. The van der Waals surface area contributed by atoms with Crippen LogP contribution in [0.1, 0.15) is 26.2 Å². The third kappa shape index (κ3) is 7.13. The van der Waals surface area contributed by atoms with Crippen LogP contribution in [0.3, 0.4) is 0 Å². The molecule has 0 amide bonds. The Balaban J connectivity index is 0.989. The van der Waals surface area contributed by atoms with Crippen LogP contribution in [0.15, 0.2) is 47.6 Å². The van der Waals surface area contributed by atoms with Gasteiger partial charge in [-0.3, -0.25) is 4.90 Å². The van der Waals surface area contributed by atoms with Crippen molar-refractivity contribution in [1.82, 2.24) is 29.1 Å². The Morgan fingerprint density at radius 2 is 1.82 bits per heavy atom. The van der Waals surface area contributed by atoms with E-state index < -0.39 is 10.0 Å². The van der Waals surface area contributed by atoms with Gasteiger partial charge in [0.1, 0.15) is 17.8 Å². The molecule has 2 aromatic heterocycles. The minimum absolute atomic E-state index is 0.0275. The predicted octanol–water partition coefficient (Wildman–Crippen LogP) is 3.91. The number of piperazine rings is 1. The van der Waals surface area contributed by atoms with E-state index in [9.17, 15) is 8.42 Å². The molecule has 2 aromatic carbocycles. The standard InChI is InChI=1S/C34H44N8O5S2/c1-24-5-3-11-42(24)49(43,44)26-8-6-25(7-9-26)37-34(48)41-14-12-40(13-15-41)33-31-27-21-29(45-2)30(22-28(27)38-32(31)35-23-36-33)47-18-4-10-39-16-19-46-20-17-39/h6-9,21-24H,3-5,10-20H2,1-2H3,(H,37,48)(H,35,36,38). The van der Waals surface area contributed by atoms with E-state index in [4.69, 9.17) is 31.4 Å². The van der Waals surface area contributed by atoms with Gasteiger partial charge in [0.2, 0.25) is 10.0 Å². The molecule has 2 N–H and O–H groups in total. The SMILES string of the molecule is COc1cc2c(cc1OCCCN1CCOCC1)[nH]c1ncnc(N3CCN(C(=S)Nc4ccc(S(=O)(=O)N5CCCC5C)cc4)CC3)c12. The van der Waals surface area contributed by atoms with Crippen LogP contribution >= 0.6 is 12.2 Å². The molecule has 0 bridgehead atoms. The minimum Gasteiger partial charge on any atom is -0.493 e. The fourth-order valence-corrected chi connectivity index (χ4v) is 8.96. The van der Waals surface area contributed by atoms with Crippen LogP contribution in [-0.2, 0) is 14.8 Å². The topological polar surface area (TPSA) is 128 Å². The van der Waals surface area contributed by atoms with Crippen molar-refractivity contribution in [1.29, 1.82) is 0 Å². The van der Waals surface area contributed by atoms with Crippen LogP contribution in [0.4, 0.5) is 11.5 Å². The second-order valence-electron chi connectivity index (χ2n) is 12.8. The summed E-state index contributed by atoms with van der Waals surface area (Å²) in [4.78, 5) is 19.8. The summed E-state index contributed by atoms with van der Waals surface area (Å²) in [6, 6.07) is 10.9. The molecule has 0 spiro atoms. The zero-order valence-electron chi connectivity index (χ0n) is 28.1. The number of fused-ring (bicyclic) bond motifs is 3. The Labute approximate surface area is 292 Å². The third-order valence-electron chi connectivity index (χ3n) is 9.70. The Hall–Kier alpha value is -3.76. The average Bonchev–Trinajstić information content (AvgIpc) is 3.73. The van der Waals surface area contributed by atoms with Gasteiger partial charge in [-0.2, -0.15) is 4.31 Å². The molecule has 15 heteroatoms. The van der Waals surface area contributed by atoms with Crippen LogP contribution in [-0.4, -0.2) is 128 Å². The summed E-state index contributed by atoms with van der Waals surface area (Å²) in [5.74, 6) is 2.23. The number of hydrogen-bond acceptors (Lipinski definition) is 10. The van der Waals surface area contributed by atoms with Gasteiger partial charge in [-0.05, 0) is 68.7 Å². The molecule has 13 nitrogen and oxygen atoms in total. The van der Waals surface area contributed by atoms with Crippen molar-refractivity contribution < 1.29 is 22.6 Å². The van der Waals surface area contributed by atoms with Gasteiger partial charge in [-0.25, -0.2) is 18.4 Å². The fraction of sp³-hybridized carbons (Fsp3) is 0.500. The number of ether oxygens (including phenoxy) is 3. The van der Waals surface area contributed by atoms with E-state index in [-0.39, 0.29) is 6.04 Å². The highest BCUT2D eigenvalue weighted by atomic mass is 32.2. The molecule has 1 atom stereocenters. The number of anilines is 2. The molecule has 3 aliphatic heterocycles. The lowest BCUT2D eigenvalue weighted by molar-refractivity contribution is 0.0357. The van der Waals surface area contributed by atoms with Gasteiger partial charge >= 0.3 is 0 Å². The van der Waals surface area contributed by atoms with E-state index in [2.05, 4.69) is 30.0 Å². The predicted molar refractivity (Wildman–Crippen MR) is 194 cm³/mol. The van der Waals surface area contributed by atoms with E-state index >= 15 is 0 Å². The van der Waals surface area contributed by atoms with E-state index in [0.29, 0.717) is 60.8 Å². The first-order valence-corrected chi connectivity index (χ1v) is 18.9. The van der Waals surface area contributed by atoms with Crippen LogP contribution in [0, 0.1) is 0 Å². The molecule has 4 aromatic rings. The smallest absolute Gasteiger partial charge is 0.243 e. The van der Waals surface area contributed by atoms with Crippen LogP contribution in [0.5, 0.6) is 11.5 Å². The number of aromatic amines is 1. The number of rotatable bonds is 10. The maximum atomic E-state index is 13.1. The number of morpholine rings is 1. The molecule has 5 heterocycles. The van der Waals surface area contributed by atoms with Gasteiger partial charge in [0.05, 0.1) is 42.7 Å². The van der Waals surface area contributed by atoms with Gasteiger partial charge in [0, 0.05) is 75.5 Å². The zero-order chi connectivity index (χ0) is 34.0. The second-order valence-corrected chi connectivity index (χ2v) is 15.1. The van der Waals surface area contributed by atoms with Gasteiger partial charge in [0.25, 0.3) is 0 Å². The fourth-order valence-electron chi connectivity index (χ4n) is 6.96. The van der Waals surface area contributed by atoms with Gasteiger partial charge in [0.15, 0.2) is 16.6 Å². The van der Waals surface area contributed by atoms with E-state index in [0.717, 1.165) is 85.6 Å². The molecule has 3 saturated heterocycles. The maximum Gasteiger partial charge on any atom is 0.243 e. The summed E-state index contributed by atoms with van der Waals surface area (Å²) in [7, 11) is -1.84. The van der Waals surface area contributed by atoms with Gasteiger partial charge in [-0.15, -0.1) is 0 Å². The van der Waals surface area contributed by atoms with E-state index in [1.165, 1.54) is 0 Å². The average molecular weight is 709 g/mol. The van der Waals surface area contributed by atoms with Crippen LogP contribution < -0.4 is 19.7 Å². The van der Waals surface area contributed by atoms with Crippen molar-refractivity contribution in [3.8, 4) is 11.5 Å². The Morgan fingerprint density at radius 3 is 2.53 bits per heavy atom. The normalized spacial score (nSPS) is 19.5. The third-order valence-corrected chi connectivity index (χ3v) is 12.1. The molecule has 1 unspecified atom stereocenters. The lowest BCUT2D eigenvalue weighted by Crippen LogP contribution is -2.50. The Bertz CT molecular complexity index is 1890. The molecule has 0 saturated carbocycles. The largest absolute Gasteiger partial charge is 0.493 e. The number of aromatic nitrogens is 3. The number of benzene rings is 2. The monoisotopic (exact) mass is 708 g/mol. The second kappa shape index (κ2) is 14.6. The van der Waals surface area contributed by atoms with Crippen molar-refractivity contribution in [2.75, 3.05) is 89.5 Å². The van der Waals surface area contributed by atoms with Crippen LogP contribution in [0.2, 0.25) is 0 Å². The van der Waals surface area contributed by atoms with Crippen molar-refractivity contribution in [3.63, 3.8) is 0 Å². The zero-order valence-corrected chi connectivity index (χ0v) is 29.7. The maximum absolute atomic E-state index is 13.1. The molecule has 3 aliphatic rings. The molecule has 0 aliphatic carbocycles. The first kappa shape index (κ1) is 33.7. The highest BCUT2D eigenvalue weighted by molar-refractivity contribution is 7.89. The number of nitrogens with one attached hydrogen (secondary N) is 2. The number of thiocarbonyl (C=S) groups is 1. The molecular weight excluding hydrogens is 665 g/mol. The van der Waals surface area contributed by atoms with E-state index in [1.807, 2.05) is 19.1 Å². The summed E-state index contributed by atoms with van der Waals surface area (Å²) in [5.41, 5.74) is 2.43. The highest BCUT2D eigenvalue weighted by Gasteiger charge is 2.32. The van der Waals surface area contributed by atoms with E-state index in [1.54, 1.807) is 42.0 Å². The Kier molecular flexibility index (Phi) is 10.1. The van der Waals surface area contributed by atoms with Crippen molar-refractivity contribution in [2.45, 2.75) is 37.1 Å². The number of hydrogen-bond donors (Lipinski definition) is 2. The molecule has 0 radical (unpaired) electrons. The van der Waals surface area contributed by atoms with Crippen molar-refractivity contribution in [2.24, 2.45) is 0 Å². The number of methoxy groups -OCH3 is 1. The number of sulfonamides is 1. The molecule has 49 heavy (non-hydrogen) atoms. The van der Waals surface area contributed by atoms with Crippen molar-refractivity contribution >= 4 is 60.8 Å². The summed E-state index contributed by atoms with van der Waals surface area (Å²) >= 11 is 5.76. The summed E-state index contributed by atoms with van der Waals surface area (Å²) < 4.78 is 45.2. The lowest BCUT2D eigenvalue weighted by atomic mass is 10.1. The molecule has 3 fully saturated rings. The molecular formula is C34H44N8O5S2. The molecule has 7 rings (SSSR count). The minimum atomic E-state index is -3.50. The number of H-pyrrole nitrogens is 1. The van der Waals surface area contributed by atoms with Gasteiger partial charge in [-0.1, -0.05) is 0 Å². The van der Waals surface area contributed by atoms with Crippen LogP contribution in [0.25, 0.3) is 21.9 Å². The molecule has 262 valence electrons. The first-order chi connectivity index (χ1) is 23.8. The summed E-state index contributed by atoms with van der Waals surface area (Å²) in [6.07, 6.45) is 4.31. The number of nitrogens with zero attached hydrogens (tertiary/aromatic N) is 6.